The molecule has 1 atom stereocenters. The lowest BCUT2D eigenvalue weighted by atomic mass is 9.79. The summed E-state index contributed by atoms with van der Waals surface area (Å²) in [7, 11) is 0. The number of fused-ring (bicyclic) bond motifs is 4. The van der Waals surface area contributed by atoms with Gasteiger partial charge >= 0.3 is 0 Å². The Balaban J connectivity index is 1.64. The molecule has 0 saturated heterocycles. The van der Waals surface area contributed by atoms with Gasteiger partial charge in [-0.25, -0.2) is 15.0 Å². The van der Waals surface area contributed by atoms with Crippen LogP contribution in [0.25, 0.3) is 11.1 Å². The van der Waals surface area contributed by atoms with Crippen molar-refractivity contribution in [3.8, 4) is 22.6 Å². The quantitative estimate of drug-likeness (QED) is 0.629. The van der Waals surface area contributed by atoms with Gasteiger partial charge in [-0.15, -0.1) is 0 Å². The third kappa shape index (κ3) is 3.46. The Hall–Kier alpha value is -3.19. The van der Waals surface area contributed by atoms with Gasteiger partial charge < -0.3 is 10.5 Å². The fourth-order valence-electron chi connectivity index (χ4n) is 4.09. The maximum Gasteiger partial charge on any atom is 0.155 e. The molecule has 0 amide bonds. The normalized spacial score (nSPS) is 19.2. The van der Waals surface area contributed by atoms with Gasteiger partial charge in [-0.1, -0.05) is 44.7 Å². The molecule has 6 nitrogen and oxygen atoms in total. The molecule has 162 valence electrons. The summed E-state index contributed by atoms with van der Waals surface area (Å²) in [5.41, 5.74) is 9.88. The number of aliphatic imine (C=N–C) groups is 1. The Morgan fingerprint density at radius 1 is 1.06 bits per heavy atom. The molecule has 1 spiro atoms. The van der Waals surface area contributed by atoms with Crippen LogP contribution in [0.15, 0.2) is 60.1 Å². The molecular formula is C25H24N4O2S. The minimum absolute atomic E-state index is 0.193. The van der Waals surface area contributed by atoms with Crippen molar-refractivity contribution < 1.29 is 9.53 Å². The Bertz CT molecular complexity index is 1250. The van der Waals surface area contributed by atoms with Crippen molar-refractivity contribution in [3.63, 3.8) is 0 Å². The average Bonchev–Trinajstić information content (AvgIpc) is 3.16. The first kappa shape index (κ1) is 20.7. The van der Waals surface area contributed by atoms with Crippen molar-refractivity contribution in [1.29, 1.82) is 0 Å². The Labute approximate surface area is 191 Å². The van der Waals surface area contributed by atoms with E-state index in [9.17, 15) is 4.79 Å². The molecule has 0 bridgehead atoms. The minimum atomic E-state index is -0.663. The van der Waals surface area contributed by atoms with E-state index in [-0.39, 0.29) is 5.78 Å². The third-order valence-electron chi connectivity index (χ3n) is 5.96. The standard InChI is InChI=1S/C25H24N4O2S/c1-24(2,3)22(30)9-15-4-6-20-18(8-15)25(13-32-23(26)29-25)19-10-16(5-7-21(19)31-20)17-11-27-14-28-12-17/h4-8,10-12,14H,9,13H2,1-3H3,(H2,26,29). The molecule has 2 N–H and O–H groups in total. The molecule has 0 aliphatic carbocycles. The van der Waals surface area contributed by atoms with Crippen molar-refractivity contribution in [2.75, 3.05) is 5.75 Å². The van der Waals surface area contributed by atoms with E-state index in [2.05, 4.69) is 22.1 Å². The highest BCUT2D eigenvalue weighted by molar-refractivity contribution is 8.14. The van der Waals surface area contributed by atoms with Gasteiger partial charge in [-0.05, 0) is 35.4 Å². The van der Waals surface area contributed by atoms with E-state index in [0.717, 1.165) is 39.3 Å². The Morgan fingerprint density at radius 2 is 1.75 bits per heavy atom. The lowest BCUT2D eigenvalue weighted by Gasteiger charge is -2.35. The molecule has 2 aromatic carbocycles. The largest absolute Gasteiger partial charge is 0.457 e. The van der Waals surface area contributed by atoms with E-state index in [0.29, 0.717) is 17.3 Å². The molecule has 3 aromatic rings. The van der Waals surface area contributed by atoms with Crippen LogP contribution in [-0.4, -0.2) is 26.7 Å². The Morgan fingerprint density at radius 3 is 2.41 bits per heavy atom. The highest BCUT2D eigenvalue weighted by Gasteiger charge is 2.46. The zero-order chi connectivity index (χ0) is 22.5. The van der Waals surface area contributed by atoms with E-state index in [4.69, 9.17) is 15.5 Å². The molecule has 0 saturated carbocycles. The molecule has 7 heteroatoms. The fraction of sp³-hybridized carbons (Fsp3) is 0.280. The third-order valence-corrected chi connectivity index (χ3v) is 6.91. The molecule has 1 unspecified atom stereocenters. The van der Waals surface area contributed by atoms with Gasteiger partial charge in [0.25, 0.3) is 0 Å². The molecule has 3 heterocycles. The van der Waals surface area contributed by atoms with Crippen LogP contribution < -0.4 is 10.5 Å². The topological polar surface area (TPSA) is 90.5 Å². The zero-order valence-electron chi connectivity index (χ0n) is 18.3. The van der Waals surface area contributed by atoms with Crippen molar-refractivity contribution in [2.24, 2.45) is 16.1 Å². The summed E-state index contributed by atoms with van der Waals surface area (Å²) < 4.78 is 6.28. The molecule has 0 radical (unpaired) electrons. The van der Waals surface area contributed by atoms with Gasteiger partial charge in [-0.2, -0.15) is 0 Å². The summed E-state index contributed by atoms with van der Waals surface area (Å²) in [5.74, 6) is 2.38. The summed E-state index contributed by atoms with van der Waals surface area (Å²) in [4.78, 5) is 25.9. The molecule has 0 fully saturated rings. The molecule has 1 aromatic heterocycles. The number of ketones is 1. The van der Waals surface area contributed by atoms with E-state index >= 15 is 0 Å². The second kappa shape index (κ2) is 7.45. The maximum atomic E-state index is 12.7. The number of Topliss-reactive ketones (excluding diaryl/α,β-unsaturated/α-hetero) is 1. The van der Waals surface area contributed by atoms with Crippen LogP contribution in [0.2, 0.25) is 0 Å². The summed E-state index contributed by atoms with van der Waals surface area (Å²) in [6.45, 7) is 5.84. The van der Waals surface area contributed by atoms with Crippen molar-refractivity contribution in [3.05, 3.63) is 71.8 Å². The van der Waals surface area contributed by atoms with Crippen LogP contribution in [0.4, 0.5) is 0 Å². The number of hydrogen-bond donors (Lipinski definition) is 1. The van der Waals surface area contributed by atoms with Gasteiger partial charge in [0.15, 0.2) is 5.17 Å². The number of thioether (sulfide) groups is 1. The number of carbonyl (C=O) groups is 1. The molecule has 2 aliphatic rings. The van der Waals surface area contributed by atoms with Crippen LogP contribution in [0.5, 0.6) is 11.5 Å². The van der Waals surface area contributed by atoms with E-state index in [1.165, 1.54) is 18.1 Å². The lowest BCUT2D eigenvalue weighted by molar-refractivity contribution is -0.125. The molecule has 2 aliphatic heterocycles. The number of carbonyl (C=O) groups excluding carboxylic acids is 1. The Kier molecular flexibility index (Phi) is 4.82. The maximum absolute atomic E-state index is 12.7. The summed E-state index contributed by atoms with van der Waals surface area (Å²) in [6, 6.07) is 12.0. The molecular weight excluding hydrogens is 420 g/mol. The van der Waals surface area contributed by atoms with Gasteiger partial charge in [0.1, 0.15) is 29.1 Å². The monoisotopic (exact) mass is 444 g/mol. The first-order chi connectivity index (χ1) is 15.3. The number of aromatic nitrogens is 2. The second-order valence-electron chi connectivity index (χ2n) is 9.22. The van der Waals surface area contributed by atoms with Crippen LogP contribution >= 0.6 is 11.8 Å². The number of rotatable bonds is 3. The van der Waals surface area contributed by atoms with Crippen molar-refractivity contribution in [2.45, 2.75) is 32.7 Å². The van der Waals surface area contributed by atoms with E-state index < -0.39 is 11.0 Å². The summed E-state index contributed by atoms with van der Waals surface area (Å²) in [6.07, 6.45) is 5.46. The highest BCUT2D eigenvalue weighted by atomic mass is 32.2. The zero-order valence-corrected chi connectivity index (χ0v) is 19.1. The number of hydrogen-bond acceptors (Lipinski definition) is 7. The van der Waals surface area contributed by atoms with E-state index in [1.54, 1.807) is 12.4 Å². The number of nitrogens with zero attached hydrogens (tertiary/aromatic N) is 3. The predicted molar refractivity (Wildman–Crippen MR) is 127 cm³/mol. The van der Waals surface area contributed by atoms with Crippen LogP contribution in [0.1, 0.15) is 37.5 Å². The van der Waals surface area contributed by atoms with Crippen LogP contribution in [-0.2, 0) is 16.8 Å². The smallest absolute Gasteiger partial charge is 0.155 e. The number of ether oxygens (including phenoxy) is 1. The predicted octanol–water partition coefficient (Wildman–Crippen LogP) is 4.71. The number of amidine groups is 1. The number of benzene rings is 2. The van der Waals surface area contributed by atoms with Crippen molar-refractivity contribution >= 4 is 22.7 Å². The van der Waals surface area contributed by atoms with Gasteiger partial charge in [-0.3, -0.25) is 4.79 Å². The van der Waals surface area contributed by atoms with Crippen LogP contribution in [0.3, 0.4) is 0 Å². The molecule has 32 heavy (non-hydrogen) atoms. The first-order valence-electron chi connectivity index (χ1n) is 10.5. The van der Waals surface area contributed by atoms with Gasteiger partial charge in [0, 0.05) is 46.7 Å². The summed E-state index contributed by atoms with van der Waals surface area (Å²) >= 11 is 1.54. The van der Waals surface area contributed by atoms with E-state index in [1.807, 2.05) is 45.0 Å². The first-order valence-corrected chi connectivity index (χ1v) is 11.5. The molecule has 5 rings (SSSR count). The van der Waals surface area contributed by atoms with Gasteiger partial charge in [0.05, 0.1) is 0 Å². The summed E-state index contributed by atoms with van der Waals surface area (Å²) in [5, 5.41) is 0.549. The lowest BCUT2D eigenvalue weighted by Crippen LogP contribution is -2.30. The highest BCUT2D eigenvalue weighted by Crippen LogP contribution is 2.53. The van der Waals surface area contributed by atoms with Crippen LogP contribution in [0, 0.1) is 5.41 Å². The fourth-order valence-corrected chi connectivity index (χ4v) is 5.04. The minimum Gasteiger partial charge on any atom is -0.457 e. The SMILES string of the molecule is CC(C)(C)C(=O)Cc1ccc2c(c1)C1(CSC(N)=N1)c1cc(-c3cncnc3)ccc1O2. The number of nitrogens with two attached hydrogens (primary N) is 1. The second-order valence-corrected chi connectivity index (χ2v) is 10.2. The van der Waals surface area contributed by atoms with Crippen molar-refractivity contribution in [1.82, 2.24) is 9.97 Å². The van der Waals surface area contributed by atoms with Gasteiger partial charge in [0.2, 0.25) is 0 Å². The average molecular weight is 445 g/mol.